The first-order chi connectivity index (χ1) is 9.60. The number of hydrogen-bond acceptors (Lipinski definition) is 3. The molecule has 1 aliphatic rings. The molecular formula is C17H27NO2. The Morgan fingerprint density at radius 2 is 1.70 bits per heavy atom. The van der Waals surface area contributed by atoms with Crippen LogP contribution in [0.1, 0.15) is 49.8 Å². The first kappa shape index (κ1) is 15.5. The topological polar surface area (TPSA) is 32.7 Å². The van der Waals surface area contributed by atoms with E-state index in [-0.39, 0.29) is 0 Å². The SMILES string of the molecule is COC1CCN(CC(O)c2ccc(C(C)C)cc2)CC1. The van der Waals surface area contributed by atoms with E-state index in [4.69, 9.17) is 4.74 Å². The van der Waals surface area contributed by atoms with Gasteiger partial charge in [0.25, 0.3) is 0 Å². The van der Waals surface area contributed by atoms with E-state index >= 15 is 0 Å². The Balaban J connectivity index is 1.87. The number of benzene rings is 1. The summed E-state index contributed by atoms with van der Waals surface area (Å²) in [5.41, 5.74) is 2.34. The number of hydrogen-bond donors (Lipinski definition) is 1. The van der Waals surface area contributed by atoms with Crippen molar-refractivity contribution in [3.63, 3.8) is 0 Å². The average Bonchev–Trinajstić information content (AvgIpc) is 2.48. The van der Waals surface area contributed by atoms with Crippen molar-refractivity contribution in [3.8, 4) is 0 Å². The predicted octanol–water partition coefficient (Wildman–Crippen LogP) is 2.95. The van der Waals surface area contributed by atoms with Gasteiger partial charge < -0.3 is 14.7 Å². The number of ether oxygens (including phenoxy) is 1. The average molecular weight is 277 g/mol. The van der Waals surface area contributed by atoms with Crippen LogP contribution in [0.15, 0.2) is 24.3 Å². The lowest BCUT2D eigenvalue weighted by atomic mass is 9.99. The van der Waals surface area contributed by atoms with Gasteiger partial charge in [0.15, 0.2) is 0 Å². The Labute approximate surface area is 122 Å². The van der Waals surface area contributed by atoms with E-state index in [0.717, 1.165) is 38.0 Å². The third-order valence-electron chi connectivity index (χ3n) is 4.29. The van der Waals surface area contributed by atoms with Crippen molar-refractivity contribution in [2.24, 2.45) is 0 Å². The highest BCUT2D eigenvalue weighted by Gasteiger charge is 2.21. The Kier molecular flexibility index (Phi) is 5.58. The van der Waals surface area contributed by atoms with Crippen molar-refractivity contribution in [3.05, 3.63) is 35.4 Å². The predicted molar refractivity (Wildman–Crippen MR) is 82.0 cm³/mol. The zero-order valence-corrected chi connectivity index (χ0v) is 12.9. The third kappa shape index (κ3) is 4.05. The second-order valence-electron chi connectivity index (χ2n) is 6.07. The molecule has 0 amide bonds. The highest BCUT2D eigenvalue weighted by atomic mass is 16.5. The van der Waals surface area contributed by atoms with E-state index < -0.39 is 6.10 Å². The normalized spacial score (nSPS) is 19.4. The minimum absolute atomic E-state index is 0.393. The molecule has 0 aliphatic carbocycles. The summed E-state index contributed by atoms with van der Waals surface area (Å²) in [5.74, 6) is 0.536. The van der Waals surface area contributed by atoms with Crippen LogP contribution < -0.4 is 0 Å². The van der Waals surface area contributed by atoms with Gasteiger partial charge in [-0.15, -0.1) is 0 Å². The molecule has 1 saturated heterocycles. The zero-order valence-electron chi connectivity index (χ0n) is 12.9. The summed E-state index contributed by atoms with van der Waals surface area (Å²) < 4.78 is 5.38. The fourth-order valence-corrected chi connectivity index (χ4v) is 2.78. The van der Waals surface area contributed by atoms with Gasteiger partial charge in [-0.1, -0.05) is 38.1 Å². The maximum Gasteiger partial charge on any atom is 0.0916 e. The lowest BCUT2D eigenvalue weighted by Crippen LogP contribution is -2.38. The number of likely N-dealkylation sites (tertiary alicyclic amines) is 1. The summed E-state index contributed by atoms with van der Waals surface area (Å²) in [5, 5.41) is 10.4. The smallest absolute Gasteiger partial charge is 0.0916 e. The maximum absolute atomic E-state index is 10.4. The Morgan fingerprint density at radius 3 is 2.20 bits per heavy atom. The van der Waals surface area contributed by atoms with E-state index in [9.17, 15) is 5.11 Å². The molecular weight excluding hydrogens is 250 g/mol. The van der Waals surface area contributed by atoms with Crippen LogP contribution in [-0.4, -0.2) is 42.9 Å². The van der Waals surface area contributed by atoms with E-state index in [1.807, 2.05) is 0 Å². The number of β-amino-alcohol motifs (C(OH)–C–C–N with tert-alkyl or cyclic N) is 1. The fourth-order valence-electron chi connectivity index (χ4n) is 2.78. The molecule has 1 N–H and O–H groups in total. The lowest BCUT2D eigenvalue weighted by Gasteiger charge is -2.32. The van der Waals surface area contributed by atoms with Gasteiger partial charge in [-0.3, -0.25) is 0 Å². The van der Waals surface area contributed by atoms with Crippen LogP contribution >= 0.6 is 0 Å². The van der Waals surface area contributed by atoms with Crippen molar-refractivity contribution in [1.29, 1.82) is 0 Å². The standard InChI is InChI=1S/C17H27NO2/c1-13(2)14-4-6-15(7-5-14)17(19)12-18-10-8-16(20-3)9-11-18/h4-7,13,16-17,19H,8-12H2,1-3H3. The monoisotopic (exact) mass is 277 g/mol. The molecule has 3 nitrogen and oxygen atoms in total. The molecule has 0 bridgehead atoms. The number of nitrogens with zero attached hydrogens (tertiary/aromatic N) is 1. The van der Waals surface area contributed by atoms with Crippen molar-refractivity contribution >= 4 is 0 Å². The van der Waals surface area contributed by atoms with Crippen LogP contribution in [0.5, 0.6) is 0 Å². The molecule has 1 aromatic rings. The van der Waals surface area contributed by atoms with E-state index in [0.29, 0.717) is 12.0 Å². The van der Waals surface area contributed by atoms with E-state index in [1.165, 1.54) is 5.56 Å². The van der Waals surface area contributed by atoms with Gasteiger partial charge >= 0.3 is 0 Å². The van der Waals surface area contributed by atoms with Crippen LogP contribution in [0.25, 0.3) is 0 Å². The molecule has 1 atom stereocenters. The van der Waals surface area contributed by atoms with Gasteiger partial charge in [0.2, 0.25) is 0 Å². The number of piperidine rings is 1. The van der Waals surface area contributed by atoms with Gasteiger partial charge in [0.05, 0.1) is 12.2 Å². The Morgan fingerprint density at radius 1 is 1.15 bits per heavy atom. The first-order valence-electron chi connectivity index (χ1n) is 7.63. The van der Waals surface area contributed by atoms with Crippen LogP contribution in [0.2, 0.25) is 0 Å². The number of aliphatic hydroxyl groups excluding tert-OH is 1. The lowest BCUT2D eigenvalue weighted by molar-refractivity contribution is 0.0242. The molecule has 0 aromatic heterocycles. The quantitative estimate of drug-likeness (QED) is 0.898. The van der Waals surface area contributed by atoms with Gasteiger partial charge in [-0.25, -0.2) is 0 Å². The molecule has 0 saturated carbocycles. The Hall–Kier alpha value is -0.900. The third-order valence-corrected chi connectivity index (χ3v) is 4.29. The van der Waals surface area contributed by atoms with Gasteiger partial charge in [-0.05, 0) is 29.9 Å². The maximum atomic E-state index is 10.4. The van der Waals surface area contributed by atoms with E-state index in [2.05, 4.69) is 43.0 Å². The first-order valence-corrected chi connectivity index (χ1v) is 7.63. The Bertz CT molecular complexity index is 394. The summed E-state index contributed by atoms with van der Waals surface area (Å²) >= 11 is 0. The molecule has 1 heterocycles. The van der Waals surface area contributed by atoms with Crippen molar-refractivity contribution in [2.45, 2.75) is 44.8 Å². The van der Waals surface area contributed by atoms with Crippen LogP contribution in [0, 0.1) is 0 Å². The molecule has 1 aliphatic heterocycles. The molecule has 2 rings (SSSR count). The highest BCUT2D eigenvalue weighted by molar-refractivity contribution is 5.26. The van der Waals surface area contributed by atoms with Gasteiger partial charge in [0, 0.05) is 26.7 Å². The second kappa shape index (κ2) is 7.21. The fraction of sp³-hybridized carbons (Fsp3) is 0.647. The highest BCUT2D eigenvalue weighted by Crippen LogP contribution is 2.21. The molecule has 1 fully saturated rings. The zero-order chi connectivity index (χ0) is 14.5. The summed E-state index contributed by atoms with van der Waals surface area (Å²) in [6.07, 6.45) is 2.13. The number of rotatable bonds is 5. The number of methoxy groups -OCH3 is 1. The van der Waals surface area contributed by atoms with Crippen LogP contribution in [0.3, 0.4) is 0 Å². The molecule has 1 unspecified atom stereocenters. The molecule has 3 heteroatoms. The molecule has 0 spiro atoms. The second-order valence-corrected chi connectivity index (χ2v) is 6.07. The minimum atomic E-state index is -0.393. The van der Waals surface area contributed by atoms with Gasteiger partial charge in [-0.2, -0.15) is 0 Å². The summed E-state index contributed by atoms with van der Waals surface area (Å²) in [6, 6.07) is 8.37. The number of aliphatic hydroxyl groups is 1. The van der Waals surface area contributed by atoms with E-state index in [1.54, 1.807) is 7.11 Å². The van der Waals surface area contributed by atoms with Crippen LogP contribution in [-0.2, 0) is 4.74 Å². The molecule has 1 aromatic carbocycles. The molecule has 112 valence electrons. The summed E-state index contributed by atoms with van der Waals surface area (Å²) in [7, 11) is 1.78. The van der Waals surface area contributed by atoms with Crippen LogP contribution in [0.4, 0.5) is 0 Å². The largest absolute Gasteiger partial charge is 0.387 e. The van der Waals surface area contributed by atoms with Crippen molar-refractivity contribution in [2.75, 3.05) is 26.7 Å². The summed E-state index contributed by atoms with van der Waals surface area (Å²) in [6.45, 7) is 7.12. The van der Waals surface area contributed by atoms with Crippen molar-refractivity contribution < 1.29 is 9.84 Å². The summed E-state index contributed by atoms with van der Waals surface area (Å²) in [4.78, 5) is 2.33. The van der Waals surface area contributed by atoms with Crippen molar-refractivity contribution in [1.82, 2.24) is 4.90 Å². The molecule has 20 heavy (non-hydrogen) atoms. The minimum Gasteiger partial charge on any atom is -0.387 e. The van der Waals surface area contributed by atoms with Gasteiger partial charge in [0.1, 0.15) is 0 Å². The molecule has 0 radical (unpaired) electrons.